The van der Waals surface area contributed by atoms with Crippen LogP contribution in [0.2, 0.25) is 10.0 Å². The first kappa shape index (κ1) is 21.9. The van der Waals surface area contributed by atoms with E-state index in [2.05, 4.69) is 20.4 Å². The van der Waals surface area contributed by atoms with Gasteiger partial charge in [-0.15, -0.1) is 10.2 Å². The summed E-state index contributed by atoms with van der Waals surface area (Å²) >= 11 is 12.2. The second-order valence-electron chi connectivity index (χ2n) is 8.13. The second kappa shape index (κ2) is 9.32. The molecule has 0 bridgehead atoms. The number of carbonyl (C=O) groups is 1. The van der Waals surface area contributed by atoms with Crippen molar-refractivity contribution in [2.24, 2.45) is 0 Å². The van der Waals surface area contributed by atoms with E-state index in [1.54, 1.807) is 18.2 Å². The van der Waals surface area contributed by atoms with Gasteiger partial charge >= 0.3 is 6.09 Å². The monoisotopic (exact) mass is 440 g/mol. The predicted molar refractivity (Wildman–Crippen MR) is 112 cm³/mol. The van der Waals surface area contributed by atoms with E-state index >= 15 is 0 Å². The van der Waals surface area contributed by atoms with Crippen LogP contribution in [0.25, 0.3) is 11.5 Å². The number of nitrogens with one attached hydrogen (secondary N) is 1. The molecule has 0 aliphatic carbocycles. The fraction of sp³-hybridized carbons (Fsp3) is 0.550. The highest BCUT2D eigenvalue weighted by Gasteiger charge is 2.26. The van der Waals surface area contributed by atoms with Crippen LogP contribution < -0.4 is 5.32 Å². The van der Waals surface area contributed by atoms with Crippen molar-refractivity contribution in [3.05, 3.63) is 34.1 Å². The van der Waals surface area contributed by atoms with E-state index in [1.807, 2.05) is 20.8 Å². The Balaban J connectivity index is 1.62. The Kier molecular flexibility index (Phi) is 7.03. The molecule has 2 heterocycles. The van der Waals surface area contributed by atoms with Gasteiger partial charge < -0.3 is 14.5 Å². The van der Waals surface area contributed by atoms with Gasteiger partial charge in [-0.3, -0.25) is 4.90 Å². The van der Waals surface area contributed by atoms with E-state index in [9.17, 15) is 4.79 Å². The van der Waals surface area contributed by atoms with Crippen molar-refractivity contribution in [3.8, 4) is 11.5 Å². The second-order valence-corrected chi connectivity index (χ2v) is 8.97. The van der Waals surface area contributed by atoms with Gasteiger partial charge in [0, 0.05) is 17.6 Å². The van der Waals surface area contributed by atoms with E-state index < -0.39 is 11.7 Å². The van der Waals surface area contributed by atoms with Gasteiger partial charge in [0.25, 0.3) is 0 Å². The molecule has 1 aliphatic heterocycles. The summed E-state index contributed by atoms with van der Waals surface area (Å²) in [5, 5.41) is 12.2. The molecule has 3 rings (SSSR count). The zero-order chi connectivity index (χ0) is 21.0. The van der Waals surface area contributed by atoms with Gasteiger partial charge in [0.05, 0.1) is 17.1 Å². The van der Waals surface area contributed by atoms with Crippen LogP contribution >= 0.6 is 23.2 Å². The first-order chi connectivity index (χ1) is 13.7. The molecule has 29 heavy (non-hydrogen) atoms. The molecule has 1 aromatic heterocycles. The summed E-state index contributed by atoms with van der Waals surface area (Å²) in [7, 11) is 0. The van der Waals surface area contributed by atoms with Crippen LogP contribution in [0, 0.1) is 0 Å². The van der Waals surface area contributed by atoms with Crippen LogP contribution in [0.4, 0.5) is 4.79 Å². The average Bonchev–Trinajstić information content (AvgIpc) is 3.08. The molecule has 1 atom stereocenters. The third-order valence-corrected chi connectivity index (χ3v) is 5.14. The van der Waals surface area contributed by atoms with Crippen molar-refractivity contribution < 1.29 is 13.9 Å². The van der Waals surface area contributed by atoms with Crippen molar-refractivity contribution in [3.63, 3.8) is 0 Å². The topological polar surface area (TPSA) is 80.5 Å². The molecular weight excluding hydrogens is 415 g/mol. The zero-order valence-electron chi connectivity index (χ0n) is 16.9. The van der Waals surface area contributed by atoms with Crippen LogP contribution in [-0.4, -0.2) is 45.9 Å². The maximum atomic E-state index is 12.0. The van der Waals surface area contributed by atoms with Gasteiger partial charge in [-0.1, -0.05) is 29.6 Å². The lowest BCUT2D eigenvalue weighted by Crippen LogP contribution is -2.47. The third-order valence-electron chi connectivity index (χ3n) is 4.60. The normalized spacial score (nSPS) is 17.9. The summed E-state index contributed by atoms with van der Waals surface area (Å²) in [5.41, 5.74) is 0.135. The molecule has 0 saturated carbocycles. The van der Waals surface area contributed by atoms with Crippen molar-refractivity contribution in [1.29, 1.82) is 0 Å². The minimum Gasteiger partial charge on any atom is -0.444 e. The molecular formula is C20H26Cl2N4O3. The Hall–Kier alpha value is -1.83. The number of piperidine rings is 1. The number of hydrogen-bond donors (Lipinski definition) is 1. The summed E-state index contributed by atoms with van der Waals surface area (Å²) in [6, 6.07) is 5.32. The van der Waals surface area contributed by atoms with Crippen molar-refractivity contribution >= 4 is 29.3 Å². The highest BCUT2D eigenvalue weighted by molar-refractivity contribution is 6.36. The molecule has 1 unspecified atom stereocenters. The highest BCUT2D eigenvalue weighted by Crippen LogP contribution is 2.30. The van der Waals surface area contributed by atoms with Crippen molar-refractivity contribution in [1.82, 2.24) is 20.4 Å². The zero-order valence-corrected chi connectivity index (χ0v) is 18.4. The van der Waals surface area contributed by atoms with Crippen LogP contribution in [-0.2, 0) is 11.3 Å². The molecule has 0 spiro atoms. The van der Waals surface area contributed by atoms with E-state index in [1.165, 1.54) is 0 Å². The fourth-order valence-electron chi connectivity index (χ4n) is 3.28. The van der Waals surface area contributed by atoms with Gasteiger partial charge in [-0.25, -0.2) is 4.79 Å². The number of aromatic nitrogens is 2. The number of hydrogen-bond acceptors (Lipinski definition) is 6. The van der Waals surface area contributed by atoms with Gasteiger partial charge in [-0.2, -0.15) is 0 Å². The number of rotatable bonds is 5. The number of amides is 1. The number of halogens is 2. The van der Waals surface area contributed by atoms with E-state index in [-0.39, 0.29) is 6.04 Å². The number of nitrogens with zero attached hydrogens (tertiary/aromatic N) is 3. The lowest BCUT2D eigenvalue weighted by molar-refractivity contribution is 0.0488. The SMILES string of the molecule is CC(C)(C)OC(=O)NCC1CCCCN1Cc1nnc(-c2ccc(Cl)cc2Cl)o1. The molecule has 1 amide bonds. The molecule has 0 radical (unpaired) electrons. The van der Waals surface area contributed by atoms with Gasteiger partial charge in [-0.05, 0) is 58.4 Å². The molecule has 9 heteroatoms. The van der Waals surface area contributed by atoms with E-state index in [4.69, 9.17) is 32.4 Å². The molecule has 1 fully saturated rings. The van der Waals surface area contributed by atoms with E-state index in [0.29, 0.717) is 40.5 Å². The molecule has 1 N–H and O–H groups in total. The first-order valence-corrected chi connectivity index (χ1v) is 10.5. The Labute approximate surface area is 180 Å². The summed E-state index contributed by atoms with van der Waals surface area (Å²) in [6.07, 6.45) is 2.79. The Bertz CT molecular complexity index is 850. The minimum absolute atomic E-state index is 0.186. The van der Waals surface area contributed by atoms with E-state index in [0.717, 1.165) is 25.8 Å². The largest absolute Gasteiger partial charge is 0.444 e. The smallest absolute Gasteiger partial charge is 0.407 e. The van der Waals surface area contributed by atoms with Crippen LogP contribution in [0.5, 0.6) is 0 Å². The predicted octanol–water partition coefficient (Wildman–Crippen LogP) is 4.92. The fourth-order valence-corrected chi connectivity index (χ4v) is 3.77. The molecule has 2 aromatic rings. The number of alkyl carbamates (subject to hydrolysis) is 1. The van der Waals surface area contributed by atoms with Crippen molar-refractivity contribution in [2.45, 2.75) is 58.2 Å². The molecule has 7 nitrogen and oxygen atoms in total. The Morgan fingerprint density at radius 2 is 2.10 bits per heavy atom. The standard InChI is InChI=1S/C20H26Cl2N4O3/c1-20(2,3)29-19(27)23-11-14-6-4-5-9-26(14)12-17-24-25-18(28-17)15-8-7-13(21)10-16(15)22/h7-8,10,14H,4-6,9,11-12H2,1-3H3,(H,23,27). The van der Waals surface area contributed by atoms with Crippen LogP contribution in [0.1, 0.15) is 45.9 Å². The van der Waals surface area contributed by atoms with Gasteiger partial charge in [0.1, 0.15) is 5.60 Å². The lowest BCUT2D eigenvalue weighted by Gasteiger charge is -2.34. The number of ether oxygens (including phenoxy) is 1. The lowest BCUT2D eigenvalue weighted by atomic mass is 10.0. The van der Waals surface area contributed by atoms with Crippen LogP contribution in [0.15, 0.2) is 22.6 Å². The minimum atomic E-state index is -0.514. The molecule has 1 aliphatic rings. The van der Waals surface area contributed by atoms with Gasteiger partial charge in [0.15, 0.2) is 0 Å². The summed E-state index contributed by atoms with van der Waals surface area (Å²) in [5.74, 6) is 0.872. The molecule has 1 aromatic carbocycles. The number of benzene rings is 1. The quantitative estimate of drug-likeness (QED) is 0.709. The average molecular weight is 441 g/mol. The van der Waals surface area contributed by atoms with Crippen LogP contribution in [0.3, 0.4) is 0 Å². The first-order valence-electron chi connectivity index (χ1n) is 9.70. The summed E-state index contributed by atoms with van der Waals surface area (Å²) in [4.78, 5) is 14.2. The summed E-state index contributed by atoms with van der Waals surface area (Å²) in [6.45, 7) is 7.47. The maximum Gasteiger partial charge on any atom is 0.407 e. The highest BCUT2D eigenvalue weighted by atomic mass is 35.5. The Morgan fingerprint density at radius 1 is 1.31 bits per heavy atom. The number of likely N-dealkylation sites (tertiary alicyclic amines) is 1. The molecule has 158 valence electrons. The third kappa shape index (κ3) is 6.32. The molecule has 1 saturated heterocycles. The maximum absolute atomic E-state index is 12.0. The summed E-state index contributed by atoms with van der Waals surface area (Å²) < 4.78 is 11.2. The number of carbonyl (C=O) groups excluding carboxylic acids is 1. The Morgan fingerprint density at radius 3 is 2.83 bits per heavy atom. The van der Waals surface area contributed by atoms with Gasteiger partial charge in [0.2, 0.25) is 11.8 Å². The van der Waals surface area contributed by atoms with Crippen molar-refractivity contribution in [2.75, 3.05) is 13.1 Å².